The zero-order valence-corrected chi connectivity index (χ0v) is 21.4. The van der Waals surface area contributed by atoms with Crippen molar-refractivity contribution in [2.45, 2.75) is 45.5 Å². The van der Waals surface area contributed by atoms with Crippen LogP contribution in [0.15, 0.2) is 78.0 Å². The van der Waals surface area contributed by atoms with Crippen LogP contribution in [0.1, 0.15) is 49.4 Å². The third-order valence-electron chi connectivity index (χ3n) is 6.89. The van der Waals surface area contributed by atoms with E-state index in [-0.39, 0.29) is 17.8 Å². The third-order valence-corrected chi connectivity index (χ3v) is 6.89. The van der Waals surface area contributed by atoms with Gasteiger partial charge in [-0.15, -0.1) is 0 Å². The molecule has 0 spiro atoms. The number of para-hydroxylation sites is 2. The van der Waals surface area contributed by atoms with Crippen LogP contribution in [-0.2, 0) is 17.6 Å². The number of halogens is 3. The lowest BCUT2D eigenvalue weighted by Gasteiger charge is -2.34. The molecular formula is C30H29F3N2O3. The van der Waals surface area contributed by atoms with Crippen LogP contribution in [-0.4, -0.2) is 12.9 Å². The first-order valence-electron chi connectivity index (χ1n) is 12.4. The van der Waals surface area contributed by atoms with Crippen molar-refractivity contribution in [2.75, 3.05) is 17.7 Å². The molecule has 1 aliphatic heterocycles. The van der Waals surface area contributed by atoms with Crippen molar-refractivity contribution in [1.29, 1.82) is 0 Å². The van der Waals surface area contributed by atoms with Crippen molar-refractivity contribution in [3.05, 3.63) is 94.7 Å². The highest BCUT2D eigenvalue weighted by Gasteiger charge is 2.39. The molecule has 3 aromatic carbocycles. The van der Waals surface area contributed by atoms with E-state index in [0.717, 1.165) is 41.2 Å². The molecule has 1 atom stereocenters. The van der Waals surface area contributed by atoms with Gasteiger partial charge in [0.2, 0.25) is 0 Å². The molecule has 0 unspecified atom stereocenters. The predicted octanol–water partition coefficient (Wildman–Crippen LogP) is 7.51. The van der Waals surface area contributed by atoms with Crippen LogP contribution in [0.3, 0.4) is 0 Å². The summed E-state index contributed by atoms with van der Waals surface area (Å²) >= 11 is 0. The molecule has 0 saturated heterocycles. The fourth-order valence-electron chi connectivity index (χ4n) is 5.12. The van der Waals surface area contributed by atoms with Crippen LogP contribution in [0.5, 0.6) is 11.5 Å². The molecular weight excluding hydrogens is 493 g/mol. The molecule has 0 saturated carbocycles. The van der Waals surface area contributed by atoms with E-state index in [1.54, 1.807) is 12.1 Å². The Bertz CT molecular complexity index is 1410. The Morgan fingerprint density at radius 3 is 2.45 bits per heavy atom. The summed E-state index contributed by atoms with van der Waals surface area (Å²) in [5.74, 6) is 0.900. The summed E-state index contributed by atoms with van der Waals surface area (Å²) in [6, 6.07) is 17.8. The van der Waals surface area contributed by atoms with Crippen molar-refractivity contribution in [3.8, 4) is 11.5 Å². The van der Waals surface area contributed by atoms with Crippen LogP contribution < -0.4 is 20.1 Å². The molecule has 0 radical (unpaired) electrons. The molecule has 8 heteroatoms. The SMILES string of the molecule is COc1cc([C@@H]2Nc3ccccc3NC3=C2C(=O)CC(C)(C)C3)ccc1OCc1cccc(C(F)(F)F)c1. The summed E-state index contributed by atoms with van der Waals surface area (Å²) in [7, 11) is 1.51. The molecule has 1 heterocycles. The number of allylic oxidation sites excluding steroid dienone is 1. The maximum absolute atomic E-state index is 13.4. The highest BCUT2D eigenvalue weighted by Crippen LogP contribution is 2.46. The van der Waals surface area contributed by atoms with Gasteiger partial charge in [0.25, 0.3) is 0 Å². The number of anilines is 2. The maximum atomic E-state index is 13.4. The van der Waals surface area contributed by atoms with Gasteiger partial charge in [0.15, 0.2) is 17.3 Å². The van der Waals surface area contributed by atoms with E-state index in [1.807, 2.05) is 36.4 Å². The fraction of sp³-hybridized carbons (Fsp3) is 0.300. The van der Waals surface area contributed by atoms with Crippen molar-refractivity contribution in [1.82, 2.24) is 0 Å². The number of Topliss-reactive ketones (excluding diaryl/α,β-unsaturated/α-hetero) is 1. The van der Waals surface area contributed by atoms with E-state index in [4.69, 9.17) is 9.47 Å². The van der Waals surface area contributed by atoms with E-state index in [2.05, 4.69) is 24.5 Å². The molecule has 0 bridgehead atoms. The summed E-state index contributed by atoms with van der Waals surface area (Å²) < 4.78 is 50.7. The van der Waals surface area contributed by atoms with Gasteiger partial charge in [-0.3, -0.25) is 4.79 Å². The van der Waals surface area contributed by atoms with Gasteiger partial charge < -0.3 is 20.1 Å². The normalized spacial score (nSPS) is 18.5. The minimum atomic E-state index is -4.42. The highest BCUT2D eigenvalue weighted by molar-refractivity contribution is 6.01. The molecule has 0 amide bonds. The summed E-state index contributed by atoms with van der Waals surface area (Å²) in [6.45, 7) is 4.13. The molecule has 0 aromatic heterocycles. The molecule has 0 fully saturated rings. The highest BCUT2D eigenvalue weighted by atomic mass is 19.4. The van der Waals surface area contributed by atoms with E-state index < -0.39 is 17.8 Å². The lowest BCUT2D eigenvalue weighted by Crippen LogP contribution is -2.31. The molecule has 5 nitrogen and oxygen atoms in total. The van der Waals surface area contributed by atoms with Gasteiger partial charge >= 0.3 is 6.18 Å². The van der Waals surface area contributed by atoms with Gasteiger partial charge in [-0.1, -0.05) is 44.2 Å². The lowest BCUT2D eigenvalue weighted by atomic mass is 9.73. The Hall–Kier alpha value is -3.94. The number of alkyl halides is 3. The van der Waals surface area contributed by atoms with Crippen molar-refractivity contribution in [2.24, 2.45) is 5.41 Å². The maximum Gasteiger partial charge on any atom is 0.416 e. The number of methoxy groups -OCH3 is 1. The average Bonchev–Trinajstić information content (AvgIpc) is 3.03. The second-order valence-electron chi connectivity index (χ2n) is 10.5. The van der Waals surface area contributed by atoms with E-state index in [1.165, 1.54) is 13.2 Å². The third kappa shape index (κ3) is 5.21. The summed E-state index contributed by atoms with van der Waals surface area (Å²) in [4.78, 5) is 13.4. The first kappa shape index (κ1) is 25.7. The van der Waals surface area contributed by atoms with Crippen LogP contribution in [0.4, 0.5) is 24.5 Å². The quantitative estimate of drug-likeness (QED) is 0.363. The average molecular weight is 523 g/mol. The van der Waals surface area contributed by atoms with Crippen LogP contribution in [0.2, 0.25) is 0 Å². The minimum Gasteiger partial charge on any atom is -0.493 e. The van der Waals surface area contributed by atoms with Crippen LogP contribution in [0, 0.1) is 5.41 Å². The number of rotatable bonds is 5. The number of hydrogen-bond acceptors (Lipinski definition) is 5. The molecule has 198 valence electrons. The van der Waals surface area contributed by atoms with Crippen molar-refractivity contribution in [3.63, 3.8) is 0 Å². The van der Waals surface area contributed by atoms with E-state index in [0.29, 0.717) is 29.1 Å². The topological polar surface area (TPSA) is 59.6 Å². The first-order valence-corrected chi connectivity index (χ1v) is 12.4. The minimum absolute atomic E-state index is 0.0541. The number of nitrogens with one attached hydrogen (secondary N) is 2. The number of ether oxygens (including phenoxy) is 2. The second-order valence-corrected chi connectivity index (χ2v) is 10.5. The van der Waals surface area contributed by atoms with Crippen LogP contribution >= 0.6 is 0 Å². The Kier molecular flexibility index (Phi) is 6.59. The van der Waals surface area contributed by atoms with Gasteiger partial charge in [-0.05, 0) is 59.4 Å². The lowest BCUT2D eigenvalue weighted by molar-refractivity contribution is -0.137. The number of fused-ring (bicyclic) bond motifs is 1. The Balaban J connectivity index is 1.47. The summed E-state index contributed by atoms with van der Waals surface area (Å²) in [5, 5.41) is 7.04. The predicted molar refractivity (Wildman–Crippen MR) is 140 cm³/mol. The van der Waals surface area contributed by atoms with Gasteiger partial charge in [0, 0.05) is 17.7 Å². The van der Waals surface area contributed by atoms with Gasteiger partial charge in [-0.2, -0.15) is 13.2 Å². The molecule has 2 aliphatic rings. The fourth-order valence-corrected chi connectivity index (χ4v) is 5.12. The number of hydrogen-bond donors (Lipinski definition) is 2. The number of carbonyl (C=O) groups is 1. The van der Waals surface area contributed by atoms with Crippen molar-refractivity contribution < 1.29 is 27.4 Å². The molecule has 2 N–H and O–H groups in total. The molecule has 3 aromatic rings. The van der Waals surface area contributed by atoms with Gasteiger partial charge in [0.05, 0.1) is 30.1 Å². The van der Waals surface area contributed by atoms with Gasteiger partial charge in [0.1, 0.15) is 6.61 Å². The Morgan fingerprint density at radius 2 is 1.71 bits per heavy atom. The Labute approximate surface area is 219 Å². The van der Waals surface area contributed by atoms with Gasteiger partial charge in [-0.25, -0.2) is 0 Å². The van der Waals surface area contributed by atoms with Crippen molar-refractivity contribution >= 4 is 17.2 Å². The smallest absolute Gasteiger partial charge is 0.416 e. The molecule has 38 heavy (non-hydrogen) atoms. The zero-order chi connectivity index (χ0) is 27.1. The summed E-state index contributed by atoms with van der Waals surface area (Å²) in [6.07, 6.45) is -3.25. The van der Waals surface area contributed by atoms with E-state index >= 15 is 0 Å². The number of benzene rings is 3. The first-order chi connectivity index (χ1) is 18.0. The monoisotopic (exact) mass is 522 g/mol. The summed E-state index contributed by atoms with van der Waals surface area (Å²) in [5.41, 5.74) is 3.70. The standard InChI is InChI=1S/C30H29F3N2O3/c1-29(2)15-23-27(24(36)16-29)28(35-22-10-5-4-9-21(22)34-23)19-11-12-25(26(14-19)37-3)38-17-18-7-6-8-20(13-18)30(31,32)33/h4-14,28,34-35H,15-17H2,1-3H3/t28-/m0/s1. The second kappa shape index (κ2) is 9.74. The molecule has 5 rings (SSSR count). The Morgan fingerprint density at radius 1 is 0.947 bits per heavy atom. The number of carbonyl (C=O) groups excluding carboxylic acids is 1. The zero-order valence-electron chi connectivity index (χ0n) is 21.4. The largest absolute Gasteiger partial charge is 0.493 e. The number of ketones is 1. The van der Waals surface area contributed by atoms with Crippen LogP contribution in [0.25, 0.3) is 0 Å². The molecule has 1 aliphatic carbocycles. The van der Waals surface area contributed by atoms with E-state index in [9.17, 15) is 18.0 Å².